The van der Waals surface area contributed by atoms with Crippen molar-refractivity contribution >= 4 is 15.9 Å². The molecule has 8 nitrogen and oxygen atoms in total. The molecule has 0 radical (unpaired) electrons. The third kappa shape index (κ3) is 3.93. The van der Waals surface area contributed by atoms with Gasteiger partial charge in [-0.05, 0) is 44.2 Å². The zero-order valence-electron chi connectivity index (χ0n) is 16.8. The summed E-state index contributed by atoms with van der Waals surface area (Å²) >= 11 is 0. The van der Waals surface area contributed by atoms with Gasteiger partial charge in [0.15, 0.2) is 0 Å². The maximum atomic E-state index is 13.3. The van der Waals surface area contributed by atoms with Crippen LogP contribution >= 0.6 is 0 Å². The first kappa shape index (κ1) is 20.0. The predicted octanol–water partition coefficient (Wildman–Crippen LogP) is 2.38. The first-order valence-electron chi connectivity index (χ1n) is 10.1. The first-order chi connectivity index (χ1) is 13.9. The van der Waals surface area contributed by atoms with Crippen molar-refractivity contribution in [1.82, 2.24) is 19.3 Å². The van der Waals surface area contributed by atoms with Crippen molar-refractivity contribution in [3.8, 4) is 11.4 Å². The second kappa shape index (κ2) is 7.87. The van der Waals surface area contributed by atoms with E-state index in [1.54, 1.807) is 32.0 Å². The number of aromatic nitrogens is 2. The van der Waals surface area contributed by atoms with Gasteiger partial charge in [-0.2, -0.15) is 9.29 Å². The van der Waals surface area contributed by atoms with Crippen molar-refractivity contribution in [2.45, 2.75) is 44.4 Å². The van der Waals surface area contributed by atoms with Gasteiger partial charge in [-0.15, -0.1) is 0 Å². The second-order valence-corrected chi connectivity index (χ2v) is 9.73. The third-order valence-corrected chi connectivity index (χ3v) is 7.85. The van der Waals surface area contributed by atoms with Gasteiger partial charge in [0.25, 0.3) is 0 Å². The lowest BCUT2D eigenvalue weighted by Crippen LogP contribution is -2.43. The molecule has 2 fully saturated rings. The summed E-state index contributed by atoms with van der Waals surface area (Å²) < 4.78 is 33.1. The van der Waals surface area contributed by atoms with Crippen LogP contribution in [-0.2, 0) is 14.8 Å². The molecular weight excluding hydrogens is 392 g/mol. The van der Waals surface area contributed by atoms with E-state index in [1.807, 2.05) is 4.90 Å². The summed E-state index contributed by atoms with van der Waals surface area (Å²) in [5.74, 6) is 0.906. The van der Waals surface area contributed by atoms with Gasteiger partial charge >= 0.3 is 0 Å². The second-order valence-electron chi connectivity index (χ2n) is 7.83. The highest BCUT2D eigenvalue weighted by Gasteiger charge is 2.35. The molecule has 0 N–H and O–H groups in total. The quantitative estimate of drug-likeness (QED) is 0.756. The summed E-state index contributed by atoms with van der Waals surface area (Å²) in [7, 11) is -3.66. The van der Waals surface area contributed by atoms with Gasteiger partial charge in [-0.1, -0.05) is 17.3 Å². The van der Waals surface area contributed by atoms with Gasteiger partial charge in [0.05, 0.1) is 4.90 Å². The van der Waals surface area contributed by atoms with Crippen molar-refractivity contribution in [1.29, 1.82) is 0 Å². The Kier molecular flexibility index (Phi) is 5.44. The van der Waals surface area contributed by atoms with Crippen molar-refractivity contribution < 1.29 is 17.7 Å². The van der Waals surface area contributed by atoms with E-state index in [-0.39, 0.29) is 16.7 Å². The molecule has 0 atom stereocenters. The van der Waals surface area contributed by atoms with Gasteiger partial charge in [0.1, 0.15) is 0 Å². The van der Waals surface area contributed by atoms with Gasteiger partial charge in [-0.3, -0.25) is 4.79 Å². The van der Waals surface area contributed by atoms with Crippen LogP contribution in [0.15, 0.2) is 27.6 Å². The van der Waals surface area contributed by atoms with E-state index in [0.717, 1.165) is 25.9 Å². The van der Waals surface area contributed by atoms with E-state index in [0.29, 0.717) is 48.8 Å². The smallest absolute Gasteiger partial charge is 0.243 e. The molecule has 0 saturated carbocycles. The Hall–Kier alpha value is -2.26. The third-order valence-electron chi connectivity index (χ3n) is 5.81. The van der Waals surface area contributed by atoms with Crippen LogP contribution in [0, 0.1) is 19.8 Å². The van der Waals surface area contributed by atoms with Crippen LogP contribution in [0.1, 0.15) is 37.1 Å². The van der Waals surface area contributed by atoms with Crippen molar-refractivity contribution in [2.24, 2.45) is 5.92 Å². The molecule has 0 aliphatic carbocycles. The van der Waals surface area contributed by atoms with Crippen LogP contribution < -0.4 is 0 Å². The van der Waals surface area contributed by atoms with Crippen molar-refractivity contribution in [3.05, 3.63) is 29.7 Å². The molecule has 1 aromatic carbocycles. The molecule has 0 spiro atoms. The lowest BCUT2D eigenvalue weighted by atomic mass is 9.97. The molecule has 0 unspecified atom stereocenters. The minimum atomic E-state index is -3.66. The van der Waals surface area contributed by atoms with E-state index in [2.05, 4.69) is 10.1 Å². The van der Waals surface area contributed by atoms with E-state index in [1.165, 1.54) is 4.31 Å². The Morgan fingerprint density at radius 3 is 2.41 bits per heavy atom. The number of aryl methyl sites for hydroxylation is 2. The zero-order chi connectivity index (χ0) is 20.6. The molecule has 1 aromatic heterocycles. The fraction of sp³-hybridized carbons (Fsp3) is 0.550. The Morgan fingerprint density at radius 2 is 1.79 bits per heavy atom. The minimum absolute atomic E-state index is 0.0747. The number of carbonyl (C=O) groups is 1. The highest BCUT2D eigenvalue weighted by atomic mass is 32.2. The number of sulfonamides is 1. The van der Waals surface area contributed by atoms with Crippen LogP contribution in [0.5, 0.6) is 0 Å². The average molecular weight is 419 g/mol. The molecule has 2 aliphatic rings. The van der Waals surface area contributed by atoms with Crippen LogP contribution in [0.4, 0.5) is 0 Å². The number of benzene rings is 1. The Labute approximate surface area is 170 Å². The molecule has 3 heterocycles. The Balaban J connectivity index is 1.51. The molecule has 0 bridgehead atoms. The monoisotopic (exact) mass is 418 g/mol. The van der Waals surface area contributed by atoms with Gasteiger partial charge < -0.3 is 9.42 Å². The summed E-state index contributed by atoms with van der Waals surface area (Å²) in [6.45, 7) is 5.85. The molecule has 2 aromatic rings. The fourth-order valence-electron chi connectivity index (χ4n) is 4.11. The largest absolute Gasteiger partial charge is 0.342 e. The highest BCUT2D eigenvalue weighted by Crippen LogP contribution is 2.29. The normalized spacial score (nSPS) is 19.0. The van der Waals surface area contributed by atoms with E-state index >= 15 is 0 Å². The lowest BCUT2D eigenvalue weighted by Gasteiger charge is -2.32. The number of rotatable bonds is 4. The lowest BCUT2D eigenvalue weighted by molar-refractivity contribution is -0.135. The fourth-order valence-corrected chi connectivity index (χ4v) is 5.83. The molecule has 9 heteroatoms. The number of carbonyl (C=O) groups excluding carboxylic acids is 1. The molecule has 156 valence electrons. The zero-order valence-corrected chi connectivity index (χ0v) is 17.6. The number of likely N-dealkylation sites (tertiary alicyclic amines) is 1. The Bertz CT molecular complexity index is 1000. The van der Waals surface area contributed by atoms with E-state index < -0.39 is 10.0 Å². The number of amides is 1. The maximum absolute atomic E-state index is 13.3. The summed E-state index contributed by atoms with van der Waals surface area (Å²) in [5, 5.41) is 3.88. The SMILES string of the molecule is Cc1nc(-c2ccc(C)c(S(=O)(=O)N3CCC(C(=O)N4CCCC4)CC3)c2)no1. The summed E-state index contributed by atoms with van der Waals surface area (Å²) in [6, 6.07) is 5.16. The number of nitrogens with zero attached hydrogens (tertiary/aromatic N) is 4. The minimum Gasteiger partial charge on any atom is -0.342 e. The van der Waals surface area contributed by atoms with Gasteiger partial charge in [0, 0.05) is 44.6 Å². The molecule has 29 heavy (non-hydrogen) atoms. The van der Waals surface area contributed by atoms with Gasteiger partial charge in [-0.25, -0.2) is 8.42 Å². The Morgan fingerprint density at radius 1 is 1.10 bits per heavy atom. The first-order valence-corrected chi connectivity index (χ1v) is 11.5. The molecule has 2 aliphatic heterocycles. The van der Waals surface area contributed by atoms with E-state index in [4.69, 9.17) is 4.52 Å². The van der Waals surface area contributed by atoms with E-state index in [9.17, 15) is 13.2 Å². The van der Waals surface area contributed by atoms with Crippen molar-refractivity contribution in [3.63, 3.8) is 0 Å². The summed E-state index contributed by atoms with van der Waals surface area (Å²) in [5.41, 5.74) is 1.27. The van der Waals surface area contributed by atoms with Gasteiger partial charge in [0.2, 0.25) is 27.6 Å². The van der Waals surface area contributed by atoms with Crippen LogP contribution in [0.2, 0.25) is 0 Å². The predicted molar refractivity (Wildman–Crippen MR) is 107 cm³/mol. The molecule has 1 amide bonds. The summed E-state index contributed by atoms with van der Waals surface area (Å²) in [4.78, 5) is 19.0. The number of hydrogen-bond donors (Lipinski definition) is 0. The topological polar surface area (TPSA) is 96.6 Å². The molecule has 4 rings (SSSR count). The molecular formula is C20H26N4O4S. The molecule has 2 saturated heterocycles. The number of hydrogen-bond acceptors (Lipinski definition) is 6. The maximum Gasteiger partial charge on any atom is 0.243 e. The standard InChI is InChI=1S/C20H26N4O4S/c1-14-5-6-17(19-21-15(2)28-22-19)13-18(14)29(26,27)24-11-7-16(8-12-24)20(25)23-9-3-4-10-23/h5-6,13,16H,3-4,7-12H2,1-2H3. The van der Waals surface area contributed by atoms with Crippen molar-refractivity contribution in [2.75, 3.05) is 26.2 Å². The summed E-state index contributed by atoms with van der Waals surface area (Å²) in [6.07, 6.45) is 3.26. The van der Waals surface area contributed by atoms with Crippen LogP contribution in [0.3, 0.4) is 0 Å². The number of piperidine rings is 1. The highest BCUT2D eigenvalue weighted by molar-refractivity contribution is 7.89. The van der Waals surface area contributed by atoms with Crippen LogP contribution in [0.25, 0.3) is 11.4 Å². The van der Waals surface area contributed by atoms with Crippen LogP contribution in [-0.4, -0.2) is 59.8 Å². The average Bonchev–Trinajstić information content (AvgIpc) is 3.40.